The van der Waals surface area contributed by atoms with Crippen molar-refractivity contribution in [2.24, 2.45) is 0 Å². The Morgan fingerprint density at radius 1 is 1.41 bits per heavy atom. The summed E-state index contributed by atoms with van der Waals surface area (Å²) in [4.78, 5) is 12.1. The maximum absolute atomic E-state index is 12.1. The lowest BCUT2D eigenvalue weighted by Gasteiger charge is -2.05. The van der Waals surface area contributed by atoms with Crippen LogP contribution in [0.15, 0.2) is 29.2 Å². The monoisotopic (exact) mass is 250 g/mol. The van der Waals surface area contributed by atoms with Crippen molar-refractivity contribution in [1.29, 1.82) is 0 Å². The van der Waals surface area contributed by atoms with E-state index in [4.69, 9.17) is 0 Å². The number of benzene rings is 1. The third kappa shape index (κ3) is 2.61. The number of rotatable bonds is 3. The summed E-state index contributed by atoms with van der Waals surface area (Å²) in [5, 5.41) is 5.60. The summed E-state index contributed by atoms with van der Waals surface area (Å²) < 4.78 is 12.4. The molecule has 0 aliphatic heterocycles. The average molecular weight is 250 g/mol. The van der Waals surface area contributed by atoms with Crippen molar-refractivity contribution in [3.63, 3.8) is 0 Å². The van der Waals surface area contributed by atoms with Gasteiger partial charge in [-0.3, -0.25) is 9.00 Å². The van der Waals surface area contributed by atoms with Crippen LogP contribution in [0.5, 0.6) is 0 Å². The largest absolute Gasteiger partial charge is 0.274 e. The lowest BCUT2D eigenvalue weighted by atomic mass is 10.1. The predicted molar refractivity (Wildman–Crippen MR) is 69.7 cm³/mol. The van der Waals surface area contributed by atoms with Crippen molar-refractivity contribution in [3.8, 4) is 0 Å². The quantitative estimate of drug-likeness (QED) is 0.819. The summed E-state index contributed by atoms with van der Waals surface area (Å²) in [7, 11) is -0.911. The molecule has 0 spiro atoms. The SMILES string of the molecule is Cc1ccc2c(=O)n(CCS(C)=O)ncc2c1. The van der Waals surface area contributed by atoms with Crippen molar-refractivity contribution in [1.82, 2.24) is 9.78 Å². The van der Waals surface area contributed by atoms with E-state index in [-0.39, 0.29) is 5.56 Å². The Kier molecular flexibility index (Phi) is 3.38. The van der Waals surface area contributed by atoms with E-state index >= 15 is 0 Å². The maximum atomic E-state index is 12.1. The lowest BCUT2D eigenvalue weighted by Crippen LogP contribution is -2.25. The minimum Gasteiger partial charge on any atom is -0.267 e. The molecule has 0 aliphatic carbocycles. The lowest BCUT2D eigenvalue weighted by molar-refractivity contribution is 0.618. The van der Waals surface area contributed by atoms with Crippen LogP contribution in [0.2, 0.25) is 0 Å². The van der Waals surface area contributed by atoms with Crippen LogP contribution < -0.4 is 5.56 Å². The van der Waals surface area contributed by atoms with Crippen LogP contribution in [0.1, 0.15) is 5.56 Å². The Morgan fingerprint density at radius 2 is 2.18 bits per heavy atom. The normalized spacial score (nSPS) is 12.8. The first kappa shape index (κ1) is 12.0. The highest BCUT2D eigenvalue weighted by Gasteiger charge is 2.04. The Bertz CT molecular complexity index is 634. The Labute approximate surface area is 102 Å². The molecule has 2 rings (SSSR count). The van der Waals surface area contributed by atoms with E-state index in [9.17, 15) is 9.00 Å². The van der Waals surface area contributed by atoms with E-state index in [1.165, 1.54) is 4.68 Å². The van der Waals surface area contributed by atoms with Crippen LogP contribution in [0.25, 0.3) is 10.8 Å². The van der Waals surface area contributed by atoms with Crippen molar-refractivity contribution >= 4 is 21.6 Å². The molecule has 1 aromatic carbocycles. The zero-order valence-corrected chi connectivity index (χ0v) is 10.7. The molecule has 1 aromatic heterocycles. The van der Waals surface area contributed by atoms with Gasteiger partial charge in [0, 0.05) is 28.2 Å². The molecule has 90 valence electrons. The molecule has 0 N–H and O–H groups in total. The Balaban J connectivity index is 2.47. The van der Waals surface area contributed by atoms with E-state index in [2.05, 4.69) is 5.10 Å². The van der Waals surface area contributed by atoms with E-state index in [0.29, 0.717) is 17.7 Å². The summed E-state index contributed by atoms with van der Waals surface area (Å²) in [5.74, 6) is 0.449. The molecule has 0 saturated carbocycles. The first-order valence-corrected chi connectivity index (χ1v) is 7.07. The fourth-order valence-electron chi connectivity index (χ4n) is 1.68. The van der Waals surface area contributed by atoms with Crippen LogP contribution in [0.4, 0.5) is 0 Å². The third-order valence-electron chi connectivity index (χ3n) is 2.60. The number of nitrogens with zero attached hydrogens (tertiary/aromatic N) is 2. The van der Waals surface area contributed by atoms with Gasteiger partial charge in [0.25, 0.3) is 5.56 Å². The minimum absolute atomic E-state index is 0.118. The highest BCUT2D eigenvalue weighted by Crippen LogP contribution is 2.10. The van der Waals surface area contributed by atoms with Gasteiger partial charge in [-0.05, 0) is 19.1 Å². The van der Waals surface area contributed by atoms with E-state index in [0.717, 1.165) is 10.9 Å². The zero-order valence-electron chi connectivity index (χ0n) is 9.84. The van der Waals surface area contributed by atoms with Gasteiger partial charge >= 0.3 is 0 Å². The van der Waals surface area contributed by atoms with Crippen molar-refractivity contribution in [2.45, 2.75) is 13.5 Å². The van der Waals surface area contributed by atoms with Gasteiger partial charge in [-0.2, -0.15) is 5.10 Å². The second-order valence-electron chi connectivity index (χ2n) is 4.04. The fourth-order valence-corrected chi connectivity index (χ4v) is 2.11. The molecule has 0 saturated heterocycles. The molecule has 0 radical (unpaired) electrons. The van der Waals surface area contributed by atoms with Gasteiger partial charge < -0.3 is 0 Å². The highest BCUT2D eigenvalue weighted by molar-refractivity contribution is 7.84. The molecule has 17 heavy (non-hydrogen) atoms. The van der Waals surface area contributed by atoms with Crippen LogP contribution in [0.3, 0.4) is 0 Å². The summed E-state index contributed by atoms with van der Waals surface area (Å²) in [6.45, 7) is 2.37. The van der Waals surface area contributed by atoms with E-state index in [1.54, 1.807) is 12.5 Å². The molecule has 1 atom stereocenters. The predicted octanol–water partition coefficient (Wildman–Crippen LogP) is 1.08. The first-order chi connectivity index (χ1) is 8.08. The van der Waals surface area contributed by atoms with Crippen LogP contribution in [-0.2, 0) is 17.3 Å². The van der Waals surface area contributed by atoms with Gasteiger partial charge in [0.15, 0.2) is 0 Å². The third-order valence-corrected chi connectivity index (χ3v) is 3.36. The van der Waals surface area contributed by atoms with Gasteiger partial charge in [-0.15, -0.1) is 0 Å². The smallest absolute Gasteiger partial charge is 0.267 e. The molecule has 0 aliphatic rings. The Morgan fingerprint density at radius 3 is 2.88 bits per heavy atom. The van der Waals surface area contributed by atoms with Crippen molar-refractivity contribution in [3.05, 3.63) is 40.3 Å². The summed E-state index contributed by atoms with van der Waals surface area (Å²) in [6, 6.07) is 5.66. The molecule has 5 heteroatoms. The zero-order chi connectivity index (χ0) is 12.4. The molecular weight excluding hydrogens is 236 g/mol. The van der Waals surface area contributed by atoms with E-state index in [1.807, 2.05) is 25.1 Å². The van der Waals surface area contributed by atoms with Crippen molar-refractivity contribution < 1.29 is 4.21 Å². The second kappa shape index (κ2) is 4.79. The van der Waals surface area contributed by atoms with Gasteiger partial charge in [0.05, 0.1) is 18.1 Å². The van der Waals surface area contributed by atoms with Crippen molar-refractivity contribution in [2.75, 3.05) is 12.0 Å². The van der Waals surface area contributed by atoms with Gasteiger partial charge in [-0.25, -0.2) is 4.68 Å². The first-order valence-electron chi connectivity index (χ1n) is 5.34. The molecule has 0 fully saturated rings. The standard InChI is InChI=1S/C12H14N2O2S/c1-9-3-4-11-10(7-9)8-13-14(12(11)15)5-6-17(2)16/h3-4,7-8H,5-6H2,1-2H3. The molecule has 1 heterocycles. The number of hydrogen-bond acceptors (Lipinski definition) is 3. The van der Waals surface area contributed by atoms with E-state index < -0.39 is 10.8 Å². The molecule has 4 nitrogen and oxygen atoms in total. The number of aromatic nitrogens is 2. The topological polar surface area (TPSA) is 52.0 Å². The molecule has 0 amide bonds. The minimum atomic E-state index is -0.911. The summed E-state index contributed by atoms with van der Waals surface area (Å²) >= 11 is 0. The highest BCUT2D eigenvalue weighted by atomic mass is 32.2. The summed E-state index contributed by atoms with van der Waals surface area (Å²) in [6.07, 6.45) is 3.30. The van der Waals surface area contributed by atoms with Crippen LogP contribution >= 0.6 is 0 Å². The van der Waals surface area contributed by atoms with Crippen LogP contribution in [0, 0.1) is 6.92 Å². The molecule has 0 bridgehead atoms. The number of hydrogen-bond donors (Lipinski definition) is 0. The molecular formula is C12H14N2O2S. The Hall–Kier alpha value is -1.49. The maximum Gasteiger partial charge on any atom is 0.274 e. The van der Waals surface area contributed by atoms with Crippen LogP contribution in [-0.4, -0.2) is 26.0 Å². The van der Waals surface area contributed by atoms with Gasteiger partial charge in [0.1, 0.15) is 0 Å². The second-order valence-corrected chi connectivity index (χ2v) is 5.60. The number of fused-ring (bicyclic) bond motifs is 1. The summed E-state index contributed by atoms with van der Waals surface area (Å²) in [5.41, 5.74) is 0.985. The average Bonchev–Trinajstić information content (AvgIpc) is 2.27. The number of aryl methyl sites for hydroxylation is 2. The molecule has 1 unspecified atom stereocenters. The van der Waals surface area contributed by atoms with Gasteiger partial charge in [-0.1, -0.05) is 11.6 Å². The van der Waals surface area contributed by atoms with Gasteiger partial charge in [0.2, 0.25) is 0 Å². The molecule has 2 aromatic rings. The fraction of sp³-hybridized carbons (Fsp3) is 0.333.